The van der Waals surface area contributed by atoms with E-state index < -0.39 is 11.8 Å². The summed E-state index contributed by atoms with van der Waals surface area (Å²) in [7, 11) is 0. The molecule has 2 aromatic carbocycles. The molecule has 0 spiro atoms. The van der Waals surface area contributed by atoms with E-state index in [1.807, 2.05) is 0 Å². The van der Waals surface area contributed by atoms with Crippen molar-refractivity contribution in [3.63, 3.8) is 0 Å². The zero-order valence-corrected chi connectivity index (χ0v) is 18.9. The number of halogens is 3. The van der Waals surface area contributed by atoms with Crippen molar-refractivity contribution in [2.75, 3.05) is 11.9 Å². The van der Waals surface area contributed by atoms with E-state index in [0.29, 0.717) is 37.6 Å². The zero-order chi connectivity index (χ0) is 22.7. The van der Waals surface area contributed by atoms with Crippen molar-refractivity contribution in [3.8, 4) is 5.69 Å². The molecule has 0 bridgehead atoms. The van der Waals surface area contributed by atoms with Crippen LogP contribution in [0.25, 0.3) is 5.69 Å². The number of aromatic nitrogens is 1. The highest BCUT2D eigenvalue weighted by atomic mass is 35.5. The molecule has 160 valence electrons. The lowest BCUT2D eigenvalue weighted by molar-refractivity contribution is -0.116. The van der Waals surface area contributed by atoms with Crippen molar-refractivity contribution < 1.29 is 14.4 Å². The quantitative estimate of drug-likeness (QED) is 0.503. The van der Waals surface area contributed by atoms with Crippen LogP contribution in [0.5, 0.6) is 0 Å². The fourth-order valence-corrected chi connectivity index (χ4v) is 3.84. The minimum absolute atomic E-state index is 0.126. The molecule has 9 heteroatoms. The molecule has 1 heterocycles. The third kappa shape index (κ3) is 5.28. The van der Waals surface area contributed by atoms with Crippen LogP contribution in [-0.4, -0.2) is 28.7 Å². The molecular weight excluding hydrogens is 461 g/mol. The van der Waals surface area contributed by atoms with Crippen molar-refractivity contribution in [2.45, 2.75) is 13.8 Å². The molecule has 1 aromatic heterocycles. The van der Waals surface area contributed by atoms with Crippen LogP contribution in [0.15, 0.2) is 48.8 Å². The molecule has 0 unspecified atom stereocenters. The SMILES string of the molecule is CC(=O)CNC(=O)c1cc(Cl)cc(C)c1NC(=O)c1ccn(-c2c(Cl)cccc2Cl)c1. The van der Waals surface area contributed by atoms with Gasteiger partial charge in [0.05, 0.1) is 39.1 Å². The number of hydrogen-bond acceptors (Lipinski definition) is 3. The molecule has 3 aromatic rings. The number of carbonyl (C=O) groups excluding carboxylic acids is 3. The summed E-state index contributed by atoms with van der Waals surface area (Å²) in [5.74, 6) is -1.15. The second kappa shape index (κ2) is 9.56. The van der Waals surface area contributed by atoms with Gasteiger partial charge in [0.15, 0.2) is 0 Å². The minimum Gasteiger partial charge on any atom is -0.345 e. The van der Waals surface area contributed by atoms with Crippen LogP contribution < -0.4 is 10.6 Å². The van der Waals surface area contributed by atoms with Gasteiger partial charge < -0.3 is 15.2 Å². The Morgan fingerprint density at radius 3 is 2.32 bits per heavy atom. The second-order valence-electron chi connectivity index (χ2n) is 6.86. The van der Waals surface area contributed by atoms with Gasteiger partial charge in [0.2, 0.25) is 0 Å². The summed E-state index contributed by atoms with van der Waals surface area (Å²) in [5.41, 5.74) is 1.95. The Bertz CT molecular complexity index is 1170. The number of carbonyl (C=O) groups is 3. The van der Waals surface area contributed by atoms with E-state index in [9.17, 15) is 14.4 Å². The van der Waals surface area contributed by atoms with Crippen LogP contribution in [0.3, 0.4) is 0 Å². The maximum absolute atomic E-state index is 12.9. The first kappa shape index (κ1) is 22.9. The molecule has 0 fully saturated rings. The van der Waals surface area contributed by atoms with E-state index in [2.05, 4.69) is 10.6 Å². The Hall–Kier alpha value is -2.80. The van der Waals surface area contributed by atoms with Gasteiger partial charge >= 0.3 is 0 Å². The van der Waals surface area contributed by atoms with Gasteiger partial charge in [0.1, 0.15) is 5.78 Å². The Labute approximate surface area is 194 Å². The first-order chi connectivity index (χ1) is 14.7. The first-order valence-corrected chi connectivity index (χ1v) is 10.3. The van der Waals surface area contributed by atoms with E-state index >= 15 is 0 Å². The van der Waals surface area contributed by atoms with E-state index in [4.69, 9.17) is 34.8 Å². The summed E-state index contributed by atoms with van der Waals surface area (Å²) < 4.78 is 1.65. The fourth-order valence-electron chi connectivity index (χ4n) is 2.98. The summed E-state index contributed by atoms with van der Waals surface area (Å²) in [6.07, 6.45) is 3.25. The van der Waals surface area contributed by atoms with E-state index in [0.717, 1.165) is 0 Å². The van der Waals surface area contributed by atoms with Gasteiger partial charge in [-0.15, -0.1) is 0 Å². The maximum atomic E-state index is 12.9. The number of hydrogen-bond donors (Lipinski definition) is 2. The highest BCUT2D eigenvalue weighted by molar-refractivity contribution is 6.37. The van der Waals surface area contributed by atoms with Crippen LogP contribution in [0.4, 0.5) is 5.69 Å². The number of amides is 2. The molecule has 0 saturated carbocycles. The molecule has 0 saturated heterocycles. The van der Waals surface area contributed by atoms with Crippen molar-refractivity contribution in [1.82, 2.24) is 9.88 Å². The lowest BCUT2D eigenvalue weighted by Gasteiger charge is -2.14. The molecule has 2 N–H and O–H groups in total. The maximum Gasteiger partial charge on any atom is 0.257 e. The Kier molecular flexibility index (Phi) is 7.05. The van der Waals surface area contributed by atoms with Gasteiger partial charge in [-0.3, -0.25) is 14.4 Å². The van der Waals surface area contributed by atoms with E-state index in [1.165, 1.54) is 13.0 Å². The molecule has 0 aliphatic heterocycles. The lowest BCUT2D eigenvalue weighted by atomic mass is 10.1. The molecule has 2 amide bonds. The van der Waals surface area contributed by atoms with Gasteiger partial charge in [0.25, 0.3) is 11.8 Å². The highest BCUT2D eigenvalue weighted by Crippen LogP contribution is 2.30. The molecule has 6 nitrogen and oxygen atoms in total. The molecule has 31 heavy (non-hydrogen) atoms. The fraction of sp³-hybridized carbons (Fsp3) is 0.136. The number of benzene rings is 2. The van der Waals surface area contributed by atoms with Gasteiger partial charge in [-0.25, -0.2) is 0 Å². The topological polar surface area (TPSA) is 80.2 Å². The lowest BCUT2D eigenvalue weighted by Crippen LogP contribution is -2.29. The van der Waals surface area contributed by atoms with Gasteiger partial charge in [0, 0.05) is 17.4 Å². The third-order valence-electron chi connectivity index (χ3n) is 4.43. The zero-order valence-electron chi connectivity index (χ0n) is 16.6. The summed E-state index contributed by atoms with van der Waals surface area (Å²) in [6.45, 7) is 2.96. The standard InChI is InChI=1S/C22H18Cl3N3O3/c1-12-8-15(23)9-16(22(31)26-10-13(2)29)19(12)27-21(30)14-6-7-28(11-14)20-17(24)4-3-5-18(20)25/h3-9,11H,10H2,1-2H3,(H,26,31)(H,27,30). The highest BCUT2D eigenvalue weighted by Gasteiger charge is 2.19. The Morgan fingerprint density at radius 2 is 1.68 bits per heavy atom. The molecule has 0 aliphatic rings. The number of nitrogens with zero attached hydrogens (tertiary/aromatic N) is 1. The van der Waals surface area contributed by atoms with Crippen molar-refractivity contribution >= 4 is 58.1 Å². The van der Waals surface area contributed by atoms with E-state index in [-0.39, 0.29) is 17.9 Å². The summed E-state index contributed by atoms with van der Waals surface area (Å²) in [5, 5.41) is 6.49. The number of anilines is 1. The number of rotatable bonds is 6. The Balaban J connectivity index is 1.90. The average Bonchev–Trinajstić information content (AvgIpc) is 3.17. The van der Waals surface area contributed by atoms with Crippen molar-refractivity contribution in [2.24, 2.45) is 0 Å². The summed E-state index contributed by atoms with van der Waals surface area (Å²) in [4.78, 5) is 36.6. The number of para-hydroxylation sites is 1. The van der Waals surface area contributed by atoms with Gasteiger partial charge in [-0.05, 0) is 49.7 Å². The number of nitrogens with one attached hydrogen (secondary N) is 2. The van der Waals surface area contributed by atoms with Crippen LogP contribution in [0, 0.1) is 6.92 Å². The number of ketones is 1. The average molecular weight is 479 g/mol. The smallest absolute Gasteiger partial charge is 0.257 e. The van der Waals surface area contributed by atoms with Gasteiger partial charge in [-0.2, -0.15) is 0 Å². The molecule has 0 radical (unpaired) electrons. The van der Waals surface area contributed by atoms with Crippen LogP contribution in [-0.2, 0) is 4.79 Å². The first-order valence-electron chi connectivity index (χ1n) is 9.19. The normalized spacial score (nSPS) is 10.6. The van der Waals surface area contributed by atoms with Crippen molar-refractivity contribution in [3.05, 3.63) is 80.6 Å². The van der Waals surface area contributed by atoms with E-state index in [1.54, 1.807) is 54.2 Å². The van der Waals surface area contributed by atoms with Crippen molar-refractivity contribution in [1.29, 1.82) is 0 Å². The number of Topliss-reactive ketones (excluding diaryl/α,β-unsaturated/α-hetero) is 1. The number of aryl methyl sites for hydroxylation is 1. The molecule has 0 aliphatic carbocycles. The predicted molar refractivity (Wildman–Crippen MR) is 123 cm³/mol. The van der Waals surface area contributed by atoms with Crippen LogP contribution in [0.1, 0.15) is 33.2 Å². The summed E-state index contributed by atoms with van der Waals surface area (Å²) >= 11 is 18.6. The van der Waals surface area contributed by atoms with Crippen LogP contribution in [0.2, 0.25) is 15.1 Å². The second-order valence-corrected chi connectivity index (χ2v) is 8.11. The summed E-state index contributed by atoms with van der Waals surface area (Å²) in [6, 6.07) is 9.81. The van der Waals surface area contributed by atoms with Gasteiger partial charge in [-0.1, -0.05) is 40.9 Å². The molecule has 3 rings (SSSR count). The minimum atomic E-state index is -0.517. The van der Waals surface area contributed by atoms with Crippen LogP contribution >= 0.6 is 34.8 Å². The monoisotopic (exact) mass is 477 g/mol. The Morgan fingerprint density at radius 1 is 1.00 bits per heavy atom. The molecule has 0 atom stereocenters. The third-order valence-corrected chi connectivity index (χ3v) is 5.26. The molecular formula is C22H18Cl3N3O3. The predicted octanol–water partition coefficient (Wildman–Crippen LogP) is 5.32. The largest absolute Gasteiger partial charge is 0.345 e.